The van der Waals surface area contributed by atoms with Crippen LogP contribution in [0.25, 0.3) is 0 Å². The molecule has 2 aromatic rings. The number of nitrogens with zero attached hydrogens (tertiary/aromatic N) is 3. The lowest BCUT2D eigenvalue weighted by molar-refractivity contribution is -0.192. The average molecular weight is 512 g/mol. The molecule has 192 valence electrons. The van der Waals surface area contributed by atoms with Crippen LogP contribution in [0.4, 0.5) is 13.2 Å². The van der Waals surface area contributed by atoms with Crippen LogP contribution in [0.1, 0.15) is 61.6 Å². The highest BCUT2D eigenvalue weighted by Gasteiger charge is 2.45. The fraction of sp³-hybridized carbons (Fsp3) is 0.560. The Balaban J connectivity index is 0.000000429. The van der Waals surface area contributed by atoms with Gasteiger partial charge in [-0.3, -0.25) is 9.69 Å². The van der Waals surface area contributed by atoms with E-state index in [1.165, 1.54) is 29.0 Å². The molecule has 4 rings (SSSR count). The van der Waals surface area contributed by atoms with E-state index in [1.807, 2.05) is 11.1 Å². The number of thiazole rings is 1. The number of carboxylic acids is 1. The van der Waals surface area contributed by atoms with Crippen LogP contribution in [-0.4, -0.2) is 64.1 Å². The Morgan fingerprint density at radius 2 is 1.83 bits per heavy atom. The smallest absolute Gasteiger partial charge is 0.475 e. The normalized spacial score (nSPS) is 19.1. The molecule has 0 saturated carbocycles. The molecule has 35 heavy (non-hydrogen) atoms. The van der Waals surface area contributed by atoms with Gasteiger partial charge in [0.25, 0.3) is 0 Å². The van der Waals surface area contributed by atoms with Crippen molar-refractivity contribution in [3.8, 4) is 0 Å². The molecule has 1 fully saturated rings. The van der Waals surface area contributed by atoms with E-state index in [0.717, 1.165) is 39.1 Å². The van der Waals surface area contributed by atoms with Crippen LogP contribution in [0.5, 0.6) is 0 Å². The van der Waals surface area contributed by atoms with Crippen molar-refractivity contribution in [2.24, 2.45) is 0 Å². The summed E-state index contributed by atoms with van der Waals surface area (Å²) in [5.41, 5.74) is 3.20. The van der Waals surface area contributed by atoms with Crippen molar-refractivity contribution < 1.29 is 27.9 Å². The van der Waals surface area contributed by atoms with Crippen molar-refractivity contribution in [2.45, 2.75) is 63.6 Å². The number of carbonyl (C=O) groups excluding carboxylic acids is 1. The maximum Gasteiger partial charge on any atom is 0.490 e. The van der Waals surface area contributed by atoms with Crippen LogP contribution in [0.3, 0.4) is 0 Å². The van der Waals surface area contributed by atoms with Gasteiger partial charge >= 0.3 is 12.1 Å². The Labute approximate surface area is 207 Å². The van der Waals surface area contributed by atoms with E-state index in [-0.39, 0.29) is 5.41 Å². The molecular weight excluding hydrogens is 479 g/mol. The van der Waals surface area contributed by atoms with E-state index in [0.29, 0.717) is 18.2 Å². The van der Waals surface area contributed by atoms with E-state index < -0.39 is 12.1 Å². The molecule has 1 atom stereocenters. The largest absolute Gasteiger partial charge is 0.490 e. The molecule has 2 aliphatic rings. The van der Waals surface area contributed by atoms with Crippen LogP contribution in [-0.2, 0) is 21.5 Å². The summed E-state index contributed by atoms with van der Waals surface area (Å²) in [6.07, 6.45) is 0.973. The molecule has 6 nitrogen and oxygen atoms in total. The zero-order valence-corrected chi connectivity index (χ0v) is 20.9. The summed E-state index contributed by atoms with van der Waals surface area (Å²) in [7, 11) is 0. The lowest BCUT2D eigenvalue weighted by Crippen LogP contribution is -2.41. The number of aliphatic carboxylic acids is 1. The number of fused-ring (bicyclic) bond motifs is 2. The van der Waals surface area contributed by atoms with Gasteiger partial charge in [-0.25, -0.2) is 9.78 Å². The number of amides is 1. The molecule has 1 saturated heterocycles. The molecule has 1 aliphatic carbocycles. The number of carbonyl (C=O) groups is 2. The first-order valence-corrected chi connectivity index (χ1v) is 12.8. The molecule has 1 aliphatic heterocycles. The minimum atomic E-state index is -5.08. The fourth-order valence-corrected chi connectivity index (χ4v) is 5.92. The fourth-order valence-electron chi connectivity index (χ4n) is 5.26. The van der Waals surface area contributed by atoms with Crippen molar-refractivity contribution in [3.63, 3.8) is 0 Å². The topological polar surface area (TPSA) is 73.7 Å². The number of rotatable bonds is 6. The van der Waals surface area contributed by atoms with Gasteiger partial charge in [0, 0.05) is 31.1 Å². The second-order valence-electron chi connectivity index (χ2n) is 9.04. The molecule has 1 aromatic heterocycles. The number of hydrogen-bond donors (Lipinski definition) is 1. The Morgan fingerprint density at radius 1 is 1.20 bits per heavy atom. The number of halogens is 3. The highest BCUT2D eigenvalue weighted by Crippen LogP contribution is 2.52. The third kappa shape index (κ3) is 6.61. The summed E-state index contributed by atoms with van der Waals surface area (Å²) in [5, 5.41) is 10.4. The minimum absolute atomic E-state index is 0.254. The molecule has 1 spiro atoms. The number of benzene rings is 1. The molecule has 0 radical (unpaired) electrons. The van der Waals surface area contributed by atoms with Crippen LogP contribution in [0.15, 0.2) is 35.8 Å². The van der Waals surface area contributed by atoms with Gasteiger partial charge in [0.2, 0.25) is 5.91 Å². The molecule has 1 amide bonds. The van der Waals surface area contributed by atoms with Gasteiger partial charge in [0.05, 0.1) is 6.54 Å². The van der Waals surface area contributed by atoms with E-state index in [4.69, 9.17) is 9.90 Å². The monoisotopic (exact) mass is 511 g/mol. The minimum Gasteiger partial charge on any atom is -0.475 e. The zero-order chi connectivity index (χ0) is 25.6. The Morgan fingerprint density at radius 3 is 2.37 bits per heavy atom. The van der Waals surface area contributed by atoms with Gasteiger partial charge in [0.1, 0.15) is 5.01 Å². The van der Waals surface area contributed by atoms with Crippen LogP contribution in [0, 0.1) is 0 Å². The summed E-state index contributed by atoms with van der Waals surface area (Å²) in [5.74, 6) is -2.08. The van der Waals surface area contributed by atoms with Gasteiger partial charge in [-0.15, -0.1) is 11.3 Å². The number of piperidine rings is 1. The predicted octanol–water partition coefficient (Wildman–Crippen LogP) is 5.06. The molecule has 1 N–H and O–H groups in total. The maximum atomic E-state index is 12.8. The predicted molar refractivity (Wildman–Crippen MR) is 128 cm³/mol. The second kappa shape index (κ2) is 11.5. The molecule has 2 heterocycles. The summed E-state index contributed by atoms with van der Waals surface area (Å²) >= 11 is 1.75. The first kappa shape index (κ1) is 27.1. The summed E-state index contributed by atoms with van der Waals surface area (Å²) < 4.78 is 31.7. The van der Waals surface area contributed by atoms with E-state index >= 15 is 0 Å². The lowest BCUT2D eigenvalue weighted by atomic mass is 9.73. The third-order valence-corrected chi connectivity index (χ3v) is 7.81. The highest BCUT2D eigenvalue weighted by molar-refractivity contribution is 7.09. The van der Waals surface area contributed by atoms with Gasteiger partial charge in [0.15, 0.2) is 0 Å². The summed E-state index contributed by atoms with van der Waals surface area (Å²) in [6, 6.07) is 8.92. The van der Waals surface area contributed by atoms with E-state index in [1.54, 1.807) is 11.3 Å². The SMILES string of the molecule is CCN(CC)C(=O)CC1CC2(CCN(Cc3nccs3)CC2)c2ccccc21.O=C(O)C(F)(F)F. The van der Waals surface area contributed by atoms with Crippen molar-refractivity contribution >= 4 is 23.2 Å². The molecule has 0 bridgehead atoms. The molecule has 10 heteroatoms. The van der Waals surface area contributed by atoms with E-state index in [2.05, 4.69) is 53.4 Å². The Kier molecular flexibility index (Phi) is 8.93. The number of hydrogen-bond acceptors (Lipinski definition) is 5. The third-order valence-electron chi connectivity index (χ3n) is 7.04. The number of aromatic nitrogens is 1. The average Bonchev–Trinajstić information content (AvgIpc) is 3.43. The quantitative estimate of drug-likeness (QED) is 0.587. The molecule has 1 aromatic carbocycles. The lowest BCUT2D eigenvalue weighted by Gasteiger charge is -2.40. The van der Waals surface area contributed by atoms with E-state index in [9.17, 15) is 18.0 Å². The first-order valence-electron chi connectivity index (χ1n) is 11.9. The van der Waals surface area contributed by atoms with Crippen molar-refractivity contribution in [3.05, 3.63) is 52.0 Å². The van der Waals surface area contributed by atoms with Crippen molar-refractivity contribution in [1.29, 1.82) is 0 Å². The van der Waals surface area contributed by atoms with Crippen LogP contribution < -0.4 is 0 Å². The highest BCUT2D eigenvalue weighted by atomic mass is 32.1. The van der Waals surface area contributed by atoms with Gasteiger partial charge in [-0.05, 0) is 68.7 Å². The summed E-state index contributed by atoms with van der Waals surface area (Å²) in [6.45, 7) is 8.96. The second-order valence-corrected chi connectivity index (χ2v) is 10.0. The Hall–Kier alpha value is -2.46. The van der Waals surface area contributed by atoms with Crippen LogP contribution in [0.2, 0.25) is 0 Å². The molecular formula is C25H32F3N3O3S. The van der Waals surface area contributed by atoms with Gasteiger partial charge in [-0.1, -0.05) is 24.3 Å². The summed E-state index contributed by atoms with van der Waals surface area (Å²) in [4.78, 5) is 30.6. The number of carboxylic acid groups (broad SMARTS) is 1. The Bertz CT molecular complexity index is 985. The number of likely N-dealkylation sites (tertiary alicyclic amines) is 1. The standard InChI is InChI=1S/C23H31N3OS.C2HF3O2/c1-3-26(4-2)22(27)15-18-16-23(20-8-6-5-7-19(18)20)9-12-25(13-10-23)17-21-24-11-14-28-21;3-2(4,5)1(6)7/h5-8,11,14,18H,3-4,9-10,12-13,15-17H2,1-2H3;(H,6,7). The maximum absolute atomic E-state index is 12.8. The van der Waals surface area contributed by atoms with Gasteiger partial charge < -0.3 is 10.0 Å². The van der Waals surface area contributed by atoms with Crippen molar-refractivity contribution in [2.75, 3.05) is 26.2 Å². The van der Waals surface area contributed by atoms with Gasteiger partial charge in [-0.2, -0.15) is 13.2 Å². The first-order chi connectivity index (χ1) is 16.6. The zero-order valence-electron chi connectivity index (χ0n) is 20.1. The molecule has 1 unspecified atom stereocenters. The van der Waals surface area contributed by atoms with Crippen molar-refractivity contribution in [1.82, 2.24) is 14.8 Å². The number of alkyl halides is 3. The van der Waals surface area contributed by atoms with Crippen LogP contribution >= 0.6 is 11.3 Å².